The molecule has 3 nitrogen and oxygen atoms in total. The Morgan fingerprint density at radius 1 is 1.30 bits per heavy atom. The van der Waals surface area contributed by atoms with Crippen molar-refractivity contribution in [1.29, 1.82) is 0 Å². The third-order valence-corrected chi connectivity index (χ3v) is 4.69. The molecule has 1 aliphatic heterocycles. The summed E-state index contributed by atoms with van der Waals surface area (Å²) in [5, 5.41) is 0. The summed E-state index contributed by atoms with van der Waals surface area (Å²) in [5.74, 6) is 3.22. The second-order valence-corrected chi connectivity index (χ2v) is 5.82. The van der Waals surface area contributed by atoms with Crippen molar-refractivity contribution in [2.24, 2.45) is 0 Å². The zero-order valence-electron chi connectivity index (χ0n) is 11.3. The number of anilines is 1. The third-order valence-electron chi connectivity index (χ3n) is 3.46. The van der Waals surface area contributed by atoms with Crippen LogP contribution >= 0.6 is 11.8 Å². The van der Waals surface area contributed by atoms with Gasteiger partial charge in [-0.2, -0.15) is 0 Å². The van der Waals surface area contributed by atoms with Gasteiger partial charge in [-0.1, -0.05) is 18.2 Å². The van der Waals surface area contributed by atoms with Gasteiger partial charge in [-0.25, -0.2) is 0 Å². The number of benzene rings is 2. The van der Waals surface area contributed by atoms with Crippen LogP contribution in [0.15, 0.2) is 47.4 Å². The number of thioether (sulfide) groups is 1. The van der Waals surface area contributed by atoms with E-state index in [0.29, 0.717) is 5.92 Å². The standard InChI is InChI=1S/C16H17NO2S/c1-18-12-6-7-14(17)16(8-12)20-10-11-9-19-15-5-3-2-4-13(11)15/h2-8,11H,9-10,17H2,1H3. The summed E-state index contributed by atoms with van der Waals surface area (Å²) in [6.45, 7) is 0.746. The van der Waals surface area contributed by atoms with Crippen LogP contribution in [0.3, 0.4) is 0 Å². The SMILES string of the molecule is COc1ccc(N)c(SCC2COc3ccccc32)c1. The normalized spacial score (nSPS) is 16.6. The van der Waals surface area contributed by atoms with Crippen molar-refractivity contribution in [3.63, 3.8) is 0 Å². The van der Waals surface area contributed by atoms with Gasteiger partial charge in [0.2, 0.25) is 0 Å². The van der Waals surface area contributed by atoms with E-state index in [4.69, 9.17) is 15.2 Å². The highest BCUT2D eigenvalue weighted by molar-refractivity contribution is 7.99. The van der Waals surface area contributed by atoms with E-state index in [1.807, 2.05) is 30.3 Å². The van der Waals surface area contributed by atoms with Gasteiger partial charge in [0.1, 0.15) is 11.5 Å². The minimum absolute atomic E-state index is 0.418. The quantitative estimate of drug-likeness (QED) is 0.690. The van der Waals surface area contributed by atoms with Crippen molar-refractivity contribution in [3.8, 4) is 11.5 Å². The van der Waals surface area contributed by atoms with Gasteiger partial charge in [-0.3, -0.25) is 0 Å². The van der Waals surface area contributed by atoms with Crippen molar-refractivity contribution in [3.05, 3.63) is 48.0 Å². The first-order chi connectivity index (χ1) is 9.78. The molecule has 2 aromatic carbocycles. The van der Waals surface area contributed by atoms with E-state index < -0.39 is 0 Å². The number of hydrogen-bond acceptors (Lipinski definition) is 4. The van der Waals surface area contributed by atoms with Crippen molar-refractivity contribution >= 4 is 17.4 Å². The summed E-state index contributed by atoms with van der Waals surface area (Å²) in [4.78, 5) is 1.06. The molecule has 0 aliphatic carbocycles. The number of methoxy groups -OCH3 is 1. The minimum atomic E-state index is 0.418. The van der Waals surface area contributed by atoms with Crippen LogP contribution in [0.2, 0.25) is 0 Å². The molecule has 0 saturated heterocycles. The van der Waals surface area contributed by atoms with E-state index in [0.717, 1.165) is 34.4 Å². The Labute approximate surface area is 123 Å². The van der Waals surface area contributed by atoms with Crippen LogP contribution in [0.25, 0.3) is 0 Å². The number of hydrogen-bond donors (Lipinski definition) is 1. The molecule has 0 fully saturated rings. The number of fused-ring (bicyclic) bond motifs is 1. The van der Waals surface area contributed by atoms with Crippen LogP contribution in [0, 0.1) is 0 Å². The maximum atomic E-state index is 6.02. The Bertz CT molecular complexity index is 615. The molecule has 0 radical (unpaired) electrons. The average Bonchev–Trinajstić information content (AvgIpc) is 2.90. The fraction of sp³-hybridized carbons (Fsp3) is 0.250. The van der Waals surface area contributed by atoms with Gasteiger partial charge in [-0.15, -0.1) is 11.8 Å². The van der Waals surface area contributed by atoms with Crippen LogP contribution in [-0.4, -0.2) is 19.5 Å². The summed E-state index contributed by atoms with van der Waals surface area (Å²) in [6.07, 6.45) is 0. The number of nitrogen functional groups attached to an aromatic ring is 1. The predicted octanol–water partition coefficient (Wildman–Crippen LogP) is 3.55. The lowest BCUT2D eigenvalue weighted by atomic mass is 10.0. The van der Waals surface area contributed by atoms with Crippen LogP contribution in [-0.2, 0) is 0 Å². The van der Waals surface area contributed by atoms with E-state index in [2.05, 4.69) is 12.1 Å². The Kier molecular flexibility index (Phi) is 3.74. The summed E-state index contributed by atoms with van der Waals surface area (Å²) < 4.78 is 10.9. The smallest absolute Gasteiger partial charge is 0.122 e. The maximum absolute atomic E-state index is 6.02. The zero-order chi connectivity index (χ0) is 13.9. The van der Waals surface area contributed by atoms with Gasteiger partial charge < -0.3 is 15.2 Å². The molecular weight excluding hydrogens is 270 g/mol. The molecule has 0 aromatic heterocycles. The Balaban J connectivity index is 1.72. The molecule has 3 rings (SSSR count). The van der Waals surface area contributed by atoms with E-state index in [-0.39, 0.29) is 0 Å². The average molecular weight is 287 g/mol. The molecule has 0 saturated carbocycles. The van der Waals surface area contributed by atoms with Crippen molar-refractivity contribution in [2.45, 2.75) is 10.8 Å². The van der Waals surface area contributed by atoms with Gasteiger partial charge >= 0.3 is 0 Å². The molecule has 4 heteroatoms. The molecular formula is C16H17NO2S. The molecule has 1 unspecified atom stereocenters. The highest BCUT2D eigenvalue weighted by atomic mass is 32.2. The zero-order valence-corrected chi connectivity index (χ0v) is 12.2. The van der Waals surface area contributed by atoms with Gasteiger partial charge in [-0.05, 0) is 24.3 Å². The lowest BCUT2D eigenvalue weighted by Gasteiger charge is -2.11. The largest absolute Gasteiger partial charge is 0.497 e. The lowest BCUT2D eigenvalue weighted by Crippen LogP contribution is -2.03. The second kappa shape index (κ2) is 5.67. The first-order valence-electron chi connectivity index (χ1n) is 6.56. The number of rotatable bonds is 4. The fourth-order valence-electron chi connectivity index (χ4n) is 2.32. The molecule has 1 atom stereocenters. The Hall–Kier alpha value is -1.81. The van der Waals surface area contributed by atoms with Crippen molar-refractivity contribution in [1.82, 2.24) is 0 Å². The minimum Gasteiger partial charge on any atom is -0.497 e. The van der Waals surface area contributed by atoms with Crippen LogP contribution < -0.4 is 15.2 Å². The monoisotopic (exact) mass is 287 g/mol. The summed E-state index contributed by atoms with van der Waals surface area (Å²) >= 11 is 1.75. The summed E-state index contributed by atoms with van der Waals surface area (Å²) in [5.41, 5.74) is 8.10. The Morgan fingerprint density at radius 2 is 2.15 bits per heavy atom. The Morgan fingerprint density at radius 3 is 3.00 bits per heavy atom. The number of ether oxygens (including phenoxy) is 2. The fourth-order valence-corrected chi connectivity index (χ4v) is 3.42. The maximum Gasteiger partial charge on any atom is 0.122 e. The van der Waals surface area contributed by atoms with Crippen molar-refractivity contribution in [2.75, 3.05) is 25.2 Å². The number of para-hydroxylation sites is 1. The van der Waals surface area contributed by atoms with E-state index >= 15 is 0 Å². The van der Waals surface area contributed by atoms with E-state index in [1.54, 1.807) is 18.9 Å². The third kappa shape index (κ3) is 2.56. The van der Waals surface area contributed by atoms with Gasteiger partial charge in [0.25, 0.3) is 0 Å². The summed E-state index contributed by atoms with van der Waals surface area (Å²) in [7, 11) is 1.67. The molecule has 1 aliphatic rings. The highest BCUT2D eigenvalue weighted by Crippen LogP contribution is 2.38. The molecule has 1 heterocycles. The molecule has 0 spiro atoms. The van der Waals surface area contributed by atoms with Crippen molar-refractivity contribution < 1.29 is 9.47 Å². The first kappa shape index (κ1) is 13.2. The summed E-state index contributed by atoms with van der Waals surface area (Å²) in [6, 6.07) is 14.0. The van der Waals surface area contributed by atoms with Gasteiger partial charge in [0.15, 0.2) is 0 Å². The molecule has 0 bridgehead atoms. The molecule has 104 valence electrons. The lowest BCUT2D eigenvalue weighted by molar-refractivity contribution is 0.339. The van der Waals surface area contributed by atoms with Gasteiger partial charge in [0, 0.05) is 27.8 Å². The van der Waals surface area contributed by atoms with E-state index in [9.17, 15) is 0 Å². The first-order valence-corrected chi connectivity index (χ1v) is 7.54. The number of nitrogens with two attached hydrogens (primary N) is 1. The van der Waals surface area contributed by atoms with Crippen LogP contribution in [0.4, 0.5) is 5.69 Å². The second-order valence-electron chi connectivity index (χ2n) is 4.76. The van der Waals surface area contributed by atoms with E-state index in [1.165, 1.54) is 5.56 Å². The topological polar surface area (TPSA) is 44.5 Å². The molecule has 2 aromatic rings. The van der Waals surface area contributed by atoms with Gasteiger partial charge in [0.05, 0.1) is 13.7 Å². The molecule has 2 N–H and O–H groups in total. The van der Waals surface area contributed by atoms with Crippen LogP contribution in [0.5, 0.6) is 11.5 Å². The highest BCUT2D eigenvalue weighted by Gasteiger charge is 2.23. The molecule has 20 heavy (non-hydrogen) atoms. The predicted molar refractivity (Wildman–Crippen MR) is 82.8 cm³/mol. The molecule has 0 amide bonds. The van der Waals surface area contributed by atoms with Crippen LogP contribution in [0.1, 0.15) is 11.5 Å².